The van der Waals surface area contributed by atoms with E-state index < -0.39 is 67.3 Å². The predicted octanol–water partition coefficient (Wildman–Crippen LogP) is 2.96. The number of aliphatic hydroxyl groups excluding tert-OH is 1. The molecule has 0 aliphatic heterocycles. The first-order valence-corrected chi connectivity index (χ1v) is 21.5. The molecule has 282 valence electrons. The van der Waals surface area contributed by atoms with E-state index in [0.29, 0.717) is 18.7 Å². The number of amides is 1. The highest BCUT2D eigenvalue weighted by Crippen LogP contribution is 2.49. The second kappa shape index (κ2) is 19.2. The number of anilines is 1. The fourth-order valence-corrected chi connectivity index (χ4v) is 9.70. The fourth-order valence-electron chi connectivity index (χ4n) is 4.11. The summed E-state index contributed by atoms with van der Waals surface area (Å²) in [6.45, 7) is 2.13. The van der Waals surface area contributed by atoms with Gasteiger partial charge in [-0.25, -0.2) is 0 Å². The summed E-state index contributed by atoms with van der Waals surface area (Å²) in [5.41, 5.74) is 7.26. The number of nitrogens with one attached hydrogen (secondary N) is 1. The summed E-state index contributed by atoms with van der Waals surface area (Å²) in [5, 5.41) is 11.9. The Bertz CT molecular complexity index is 1910. The first-order chi connectivity index (χ1) is 24.0. The molecule has 3 aromatic carbocycles. The van der Waals surface area contributed by atoms with Crippen LogP contribution in [0.15, 0.2) is 97.0 Å². The highest BCUT2D eigenvalue weighted by atomic mass is 32.2. The van der Waals surface area contributed by atoms with Gasteiger partial charge in [0.1, 0.15) is 0 Å². The number of nitrogens with two attached hydrogens (primary N) is 1. The summed E-state index contributed by atoms with van der Waals surface area (Å²) < 4.78 is 74.3. The van der Waals surface area contributed by atoms with Gasteiger partial charge < -0.3 is 49.3 Å². The summed E-state index contributed by atoms with van der Waals surface area (Å²) >= 11 is 0. The third kappa shape index (κ3) is 13.8. The molecule has 0 bridgehead atoms. The van der Waals surface area contributed by atoms with E-state index in [4.69, 9.17) is 19.3 Å². The molecule has 51 heavy (non-hydrogen) atoms. The Kier molecular flexibility index (Phi) is 15.9. The van der Waals surface area contributed by atoms with Crippen molar-refractivity contribution >= 4 is 47.1 Å². The van der Waals surface area contributed by atoms with Gasteiger partial charge in [0, 0.05) is 30.9 Å². The molecule has 0 spiro atoms. The number of hydrogen-bond acceptors (Lipinski definition) is 11. The number of rotatable bonds is 20. The van der Waals surface area contributed by atoms with Crippen LogP contribution in [0.3, 0.4) is 0 Å². The molecular formula is C30H43N5O12P2S2. The Hall–Kier alpha value is -3.03. The Labute approximate surface area is 297 Å². The minimum atomic E-state index is -4.82. The zero-order valence-electron chi connectivity index (χ0n) is 27.9. The standard InChI is InChI=1S/C30H43N5O12P2S2/c1-3-17-32-30(37)25-11-15-29(16-12-25)50(41,42)33-48(38,39)45-20-18-35(27-7-5-4-6-8-27)19-21-46-49(40,47-23-26(31)22-36)34-51(43,44)28-13-9-24(2)10-14-28/h4-16,26,36,38-40H,3,17-23,31H2,1-2H3,(H,32,37). The van der Waals surface area contributed by atoms with E-state index >= 15 is 0 Å². The topological polar surface area (TPSA) is 260 Å². The van der Waals surface area contributed by atoms with E-state index in [1.54, 1.807) is 54.3 Å². The van der Waals surface area contributed by atoms with Crippen LogP contribution in [0.4, 0.5) is 5.69 Å². The molecule has 0 aromatic heterocycles. The smallest absolute Gasteiger partial charge is 0.368 e. The molecule has 2 unspecified atom stereocenters. The zero-order chi connectivity index (χ0) is 37.7. The number of carbonyl (C=O) groups excluding carboxylic acids is 1. The van der Waals surface area contributed by atoms with Crippen molar-refractivity contribution in [3.63, 3.8) is 0 Å². The van der Waals surface area contributed by atoms with Crippen LogP contribution in [0.5, 0.6) is 0 Å². The minimum absolute atomic E-state index is 0.0544. The van der Waals surface area contributed by atoms with Gasteiger partial charge in [0.15, 0.2) is 0 Å². The summed E-state index contributed by atoms with van der Waals surface area (Å²) in [6, 6.07) is 18.1. The van der Waals surface area contributed by atoms with Crippen molar-refractivity contribution in [2.24, 2.45) is 14.0 Å². The van der Waals surface area contributed by atoms with Crippen LogP contribution >= 0.6 is 15.5 Å². The van der Waals surface area contributed by atoms with E-state index in [1.165, 1.54) is 24.3 Å². The SMILES string of the molecule is CCCNC(=O)c1ccc(S(=O)(=O)N=P(O)(O)OCCN(CCOP(O)(=NS(=O)(=O)c2ccc(C)cc2)OCC(N)CO)c2ccccc2)cc1. The summed E-state index contributed by atoms with van der Waals surface area (Å²) in [7, 11) is -18.4. The number of para-hydroxylation sites is 1. The quantitative estimate of drug-likeness (QED) is 0.0900. The van der Waals surface area contributed by atoms with Gasteiger partial charge in [-0.3, -0.25) is 4.79 Å². The molecule has 7 N–H and O–H groups in total. The van der Waals surface area contributed by atoms with Crippen molar-refractivity contribution in [3.05, 3.63) is 90.0 Å². The molecule has 0 heterocycles. The maximum atomic E-state index is 13.0. The zero-order valence-corrected chi connectivity index (χ0v) is 31.3. The Morgan fingerprint density at radius 2 is 1.39 bits per heavy atom. The van der Waals surface area contributed by atoms with Gasteiger partial charge in [0.05, 0.1) is 42.3 Å². The molecule has 2 atom stereocenters. The second-order valence-corrected chi connectivity index (χ2v) is 17.9. The maximum Gasteiger partial charge on any atom is 0.368 e. The summed E-state index contributed by atoms with van der Waals surface area (Å²) in [4.78, 5) is 45.1. The highest BCUT2D eigenvalue weighted by molar-refractivity contribution is 7.93. The Balaban J connectivity index is 1.75. The molecule has 17 nitrogen and oxygen atoms in total. The van der Waals surface area contributed by atoms with Crippen LogP contribution in [0, 0.1) is 6.92 Å². The lowest BCUT2D eigenvalue weighted by Gasteiger charge is -2.26. The van der Waals surface area contributed by atoms with Crippen LogP contribution < -0.4 is 16.0 Å². The molecule has 0 radical (unpaired) electrons. The average molecular weight is 792 g/mol. The first-order valence-electron chi connectivity index (χ1n) is 15.5. The molecular weight excluding hydrogens is 748 g/mol. The van der Waals surface area contributed by atoms with Gasteiger partial charge in [-0.05, 0) is 61.9 Å². The van der Waals surface area contributed by atoms with Crippen LogP contribution in [0.25, 0.3) is 0 Å². The number of carbonyl (C=O) groups is 1. The normalized spacial score (nSPS) is 13.9. The lowest BCUT2D eigenvalue weighted by molar-refractivity contribution is 0.0953. The van der Waals surface area contributed by atoms with Crippen LogP contribution in [0.2, 0.25) is 0 Å². The molecule has 1 amide bonds. The lowest BCUT2D eigenvalue weighted by Crippen LogP contribution is -2.31. The number of aryl methyl sites for hydroxylation is 1. The molecule has 0 saturated heterocycles. The largest absolute Gasteiger partial charge is 0.395 e. The van der Waals surface area contributed by atoms with Crippen LogP contribution in [-0.2, 0) is 33.6 Å². The molecule has 3 rings (SSSR count). The third-order valence-electron chi connectivity index (χ3n) is 6.75. The van der Waals surface area contributed by atoms with Gasteiger partial charge in [-0.15, -0.1) is 0 Å². The number of aliphatic hydroxyl groups is 1. The van der Waals surface area contributed by atoms with Crippen molar-refractivity contribution in [1.82, 2.24) is 5.32 Å². The minimum Gasteiger partial charge on any atom is -0.395 e. The molecule has 0 aliphatic carbocycles. The fraction of sp³-hybridized carbons (Fsp3) is 0.367. The highest BCUT2D eigenvalue weighted by Gasteiger charge is 2.27. The van der Waals surface area contributed by atoms with Crippen LogP contribution in [-0.4, -0.2) is 94.6 Å². The Morgan fingerprint density at radius 1 is 0.843 bits per heavy atom. The third-order valence-corrected chi connectivity index (χ3v) is 13.4. The van der Waals surface area contributed by atoms with Gasteiger partial charge in [0.2, 0.25) is 0 Å². The van der Waals surface area contributed by atoms with Gasteiger partial charge in [-0.2, -0.15) is 16.8 Å². The average Bonchev–Trinajstić information content (AvgIpc) is 3.08. The summed E-state index contributed by atoms with van der Waals surface area (Å²) in [6.07, 6.45) is 0.714. The number of benzene rings is 3. The van der Waals surface area contributed by atoms with E-state index in [1.807, 2.05) is 6.92 Å². The molecule has 3 aromatic rings. The van der Waals surface area contributed by atoms with E-state index in [9.17, 15) is 41.4 Å². The molecule has 0 aliphatic rings. The molecule has 21 heteroatoms. The predicted molar refractivity (Wildman–Crippen MR) is 192 cm³/mol. The number of sulfonamides is 2. The summed E-state index contributed by atoms with van der Waals surface area (Å²) in [5.74, 6) is -0.396. The molecule has 0 fully saturated rings. The van der Waals surface area contributed by atoms with Gasteiger partial charge in [-0.1, -0.05) is 51.1 Å². The van der Waals surface area contributed by atoms with Gasteiger partial charge >= 0.3 is 15.5 Å². The van der Waals surface area contributed by atoms with Crippen molar-refractivity contribution in [2.45, 2.75) is 36.1 Å². The second-order valence-electron chi connectivity index (χ2n) is 10.9. The number of hydrogen-bond donors (Lipinski definition) is 6. The monoisotopic (exact) mass is 791 g/mol. The van der Waals surface area contributed by atoms with Crippen molar-refractivity contribution in [1.29, 1.82) is 0 Å². The van der Waals surface area contributed by atoms with Crippen molar-refractivity contribution < 1.29 is 55.0 Å². The molecule has 0 saturated carbocycles. The number of nitrogens with zero attached hydrogens (tertiary/aromatic N) is 3. The van der Waals surface area contributed by atoms with E-state index in [2.05, 4.69) is 13.6 Å². The van der Waals surface area contributed by atoms with E-state index in [-0.39, 0.29) is 35.1 Å². The lowest BCUT2D eigenvalue weighted by atomic mass is 10.2. The first kappa shape index (κ1) is 42.4. The van der Waals surface area contributed by atoms with Gasteiger partial charge in [0.25, 0.3) is 26.0 Å². The Morgan fingerprint density at radius 3 is 1.96 bits per heavy atom. The maximum absolute atomic E-state index is 13.0. The van der Waals surface area contributed by atoms with Crippen molar-refractivity contribution in [2.75, 3.05) is 51.0 Å². The van der Waals surface area contributed by atoms with Crippen molar-refractivity contribution in [3.8, 4) is 0 Å². The van der Waals surface area contributed by atoms with Crippen LogP contribution in [0.1, 0.15) is 29.3 Å². The van der Waals surface area contributed by atoms with E-state index in [0.717, 1.165) is 17.7 Å².